The number of rotatable bonds is 6. The van der Waals surface area contributed by atoms with Crippen LogP contribution in [0.1, 0.15) is 19.4 Å². The summed E-state index contributed by atoms with van der Waals surface area (Å²) in [5, 5.41) is 0. The molecule has 0 unspecified atom stereocenters. The van der Waals surface area contributed by atoms with Gasteiger partial charge in [0, 0.05) is 18.3 Å². The van der Waals surface area contributed by atoms with Crippen LogP contribution in [-0.4, -0.2) is 20.3 Å². The van der Waals surface area contributed by atoms with Crippen molar-refractivity contribution >= 4 is 5.69 Å². The third-order valence-electron chi connectivity index (χ3n) is 3.51. The van der Waals surface area contributed by atoms with Gasteiger partial charge >= 0.3 is 0 Å². The van der Waals surface area contributed by atoms with Crippen molar-refractivity contribution < 1.29 is 9.47 Å². The SMILES string of the molecule is COc1ccc(N(Cc2cccc(OC)c2)C(C)C)cc1. The van der Waals surface area contributed by atoms with Gasteiger partial charge in [-0.25, -0.2) is 0 Å². The molecule has 0 spiro atoms. The fourth-order valence-electron chi connectivity index (χ4n) is 2.31. The van der Waals surface area contributed by atoms with Gasteiger partial charge in [-0.15, -0.1) is 0 Å². The Balaban J connectivity index is 2.21. The number of hydrogen-bond donors (Lipinski definition) is 0. The van der Waals surface area contributed by atoms with Crippen LogP contribution in [0.2, 0.25) is 0 Å². The maximum Gasteiger partial charge on any atom is 0.119 e. The number of ether oxygens (including phenoxy) is 2. The molecule has 0 amide bonds. The molecule has 0 heterocycles. The van der Waals surface area contributed by atoms with E-state index in [2.05, 4.69) is 43.0 Å². The van der Waals surface area contributed by atoms with Crippen molar-refractivity contribution in [1.29, 1.82) is 0 Å². The molecule has 112 valence electrons. The van der Waals surface area contributed by atoms with E-state index in [4.69, 9.17) is 9.47 Å². The molecule has 0 aliphatic carbocycles. The maximum atomic E-state index is 5.30. The van der Waals surface area contributed by atoms with Crippen LogP contribution in [0.3, 0.4) is 0 Å². The summed E-state index contributed by atoms with van der Waals surface area (Å²) in [4.78, 5) is 2.36. The summed E-state index contributed by atoms with van der Waals surface area (Å²) >= 11 is 0. The smallest absolute Gasteiger partial charge is 0.119 e. The number of nitrogens with zero attached hydrogens (tertiary/aromatic N) is 1. The van der Waals surface area contributed by atoms with E-state index >= 15 is 0 Å². The Morgan fingerprint density at radius 2 is 1.57 bits per heavy atom. The van der Waals surface area contributed by atoms with E-state index in [0.717, 1.165) is 18.0 Å². The number of benzene rings is 2. The van der Waals surface area contributed by atoms with Gasteiger partial charge in [-0.3, -0.25) is 0 Å². The standard InChI is InChI=1S/C18H23NO2/c1-14(2)19(16-8-10-17(20-3)11-9-16)13-15-6-5-7-18(12-15)21-4/h5-12,14H,13H2,1-4H3. The minimum absolute atomic E-state index is 0.407. The highest BCUT2D eigenvalue weighted by molar-refractivity contribution is 5.50. The van der Waals surface area contributed by atoms with E-state index in [1.807, 2.05) is 24.3 Å². The van der Waals surface area contributed by atoms with Gasteiger partial charge < -0.3 is 14.4 Å². The molecule has 0 saturated heterocycles. The molecule has 0 atom stereocenters. The molecule has 0 N–H and O–H groups in total. The number of anilines is 1. The minimum Gasteiger partial charge on any atom is -0.497 e. The van der Waals surface area contributed by atoms with Gasteiger partial charge in [-0.05, 0) is 55.8 Å². The second-order valence-electron chi connectivity index (χ2n) is 5.27. The van der Waals surface area contributed by atoms with Gasteiger partial charge in [0.15, 0.2) is 0 Å². The highest BCUT2D eigenvalue weighted by atomic mass is 16.5. The lowest BCUT2D eigenvalue weighted by Gasteiger charge is -2.29. The van der Waals surface area contributed by atoms with Crippen LogP contribution in [-0.2, 0) is 6.54 Å². The Hall–Kier alpha value is -2.16. The van der Waals surface area contributed by atoms with Crippen molar-refractivity contribution in [2.45, 2.75) is 26.4 Å². The molecule has 0 fully saturated rings. The molecule has 0 aliphatic heterocycles. The molecule has 21 heavy (non-hydrogen) atoms. The van der Waals surface area contributed by atoms with Crippen molar-refractivity contribution in [3.8, 4) is 11.5 Å². The van der Waals surface area contributed by atoms with E-state index in [9.17, 15) is 0 Å². The second-order valence-corrected chi connectivity index (χ2v) is 5.27. The lowest BCUT2D eigenvalue weighted by Crippen LogP contribution is -2.30. The Morgan fingerprint density at radius 1 is 0.905 bits per heavy atom. The fraction of sp³-hybridized carbons (Fsp3) is 0.333. The van der Waals surface area contributed by atoms with Crippen LogP contribution < -0.4 is 14.4 Å². The van der Waals surface area contributed by atoms with Gasteiger partial charge in [0.25, 0.3) is 0 Å². The van der Waals surface area contributed by atoms with Crippen molar-refractivity contribution in [1.82, 2.24) is 0 Å². The van der Waals surface area contributed by atoms with Crippen molar-refractivity contribution in [3.63, 3.8) is 0 Å². The molecular formula is C18H23NO2. The fourth-order valence-corrected chi connectivity index (χ4v) is 2.31. The summed E-state index contributed by atoms with van der Waals surface area (Å²) in [5.41, 5.74) is 2.42. The molecule has 0 saturated carbocycles. The monoisotopic (exact) mass is 285 g/mol. The Labute approximate surface area is 127 Å². The van der Waals surface area contributed by atoms with Crippen molar-refractivity contribution in [3.05, 3.63) is 54.1 Å². The maximum absolute atomic E-state index is 5.30. The van der Waals surface area contributed by atoms with Gasteiger partial charge in [0.2, 0.25) is 0 Å². The first kappa shape index (κ1) is 15.2. The minimum atomic E-state index is 0.407. The van der Waals surface area contributed by atoms with Gasteiger partial charge in [0.1, 0.15) is 11.5 Å². The molecule has 2 rings (SSSR count). The van der Waals surface area contributed by atoms with E-state index < -0.39 is 0 Å². The highest BCUT2D eigenvalue weighted by Crippen LogP contribution is 2.24. The van der Waals surface area contributed by atoms with E-state index in [1.165, 1.54) is 11.3 Å². The van der Waals surface area contributed by atoms with Crippen LogP contribution in [0.5, 0.6) is 11.5 Å². The molecule has 2 aromatic rings. The van der Waals surface area contributed by atoms with Crippen molar-refractivity contribution in [2.75, 3.05) is 19.1 Å². The molecule has 3 heteroatoms. The van der Waals surface area contributed by atoms with E-state index in [1.54, 1.807) is 14.2 Å². The van der Waals surface area contributed by atoms with Crippen molar-refractivity contribution in [2.24, 2.45) is 0 Å². The summed E-state index contributed by atoms with van der Waals surface area (Å²) < 4.78 is 10.5. The average molecular weight is 285 g/mol. The first-order valence-corrected chi connectivity index (χ1v) is 7.17. The molecular weight excluding hydrogens is 262 g/mol. The predicted molar refractivity (Wildman–Crippen MR) is 87.3 cm³/mol. The third-order valence-corrected chi connectivity index (χ3v) is 3.51. The van der Waals surface area contributed by atoms with Crippen LogP contribution >= 0.6 is 0 Å². The largest absolute Gasteiger partial charge is 0.497 e. The van der Waals surface area contributed by atoms with Gasteiger partial charge in [-0.2, -0.15) is 0 Å². The molecule has 0 aliphatic rings. The Kier molecular flexibility index (Phi) is 5.09. The Bertz CT molecular complexity index is 564. The molecule has 2 aromatic carbocycles. The topological polar surface area (TPSA) is 21.7 Å². The zero-order chi connectivity index (χ0) is 15.2. The molecule has 0 bridgehead atoms. The van der Waals surface area contributed by atoms with Gasteiger partial charge in [-0.1, -0.05) is 12.1 Å². The normalized spacial score (nSPS) is 10.5. The van der Waals surface area contributed by atoms with E-state index in [-0.39, 0.29) is 0 Å². The van der Waals surface area contributed by atoms with E-state index in [0.29, 0.717) is 6.04 Å². The first-order valence-electron chi connectivity index (χ1n) is 7.17. The summed E-state index contributed by atoms with van der Waals surface area (Å²) in [6.45, 7) is 5.25. The van der Waals surface area contributed by atoms with Crippen LogP contribution in [0.4, 0.5) is 5.69 Å². The van der Waals surface area contributed by atoms with Gasteiger partial charge in [0.05, 0.1) is 14.2 Å². The summed E-state index contributed by atoms with van der Waals surface area (Å²) in [6, 6.07) is 16.8. The lowest BCUT2D eigenvalue weighted by molar-refractivity contribution is 0.414. The molecule has 0 aromatic heterocycles. The Morgan fingerprint density at radius 3 is 2.14 bits per heavy atom. The number of hydrogen-bond acceptors (Lipinski definition) is 3. The second kappa shape index (κ2) is 7.02. The summed E-state index contributed by atoms with van der Waals surface area (Å²) in [5.74, 6) is 1.77. The van der Waals surface area contributed by atoms with Crippen LogP contribution in [0.25, 0.3) is 0 Å². The average Bonchev–Trinajstić information content (AvgIpc) is 2.52. The quantitative estimate of drug-likeness (QED) is 0.797. The molecule has 3 nitrogen and oxygen atoms in total. The summed E-state index contributed by atoms with van der Waals surface area (Å²) in [7, 11) is 3.38. The zero-order valence-corrected chi connectivity index (χ0v) is 13.2. The van der Waals surface area contributed by atoms with Crippen LogP contribution in [0, 0.1) is 0 Å². The lowest BCUT2D eigenvalue weighted by atomic mass is 10.1. The predicted octanol–water partition coefficient (Wildman–Crippen LogP) is 4.12. The number of methoxy groups -OCH3 is 2. The summed E-state index contributed by atoms with van der Waals surface area (Å²) in [6.07, 6.45) is 0. The first-order chi connectivity index (χ1) is 10.1. The van der Waals surface area contributed by atoms with Crippen LogP contribution in [0.15, 0.2) is 48.5 Å². The highest BCUT2D eigenvalue weighted by Gasteiger charge is 2.11. The zero-order valence-electron chi connectivity index (χ0n) is 13.2. The third kappa shape index (κ3) is 3.91. The molecule has 0 radical (unpaired) electrons.